The van der Waals surface area contributed by atoms with Crippen LogP contribution in [0.25, 0.3) is 0 Å². The third-order valence-electron chi connectivity index (χ3n) is 2.78. The number of nitrogens with zero attached hydrogens (tertiary/aromatic N) is 1. The largest absolute Gasteiger partial charge is 0.449 e. The maximum atomic E-state index is 8.63. The zero-order valence-corrected chi connectivity index (χ0v) is 11.3. The Labute approximate surface area is 117 Å². The molecule has 0 spiro atoms. The van der Waals surface area contributed by atoms with Crippen molar-refractivity contribution in [2.75, 3.05) is 6.54 Å². The third kappa shape index (κ3) is 4.44. The number of furan rings is 1. The smallest absolute Gasteiger partial charge is 0.203 e. The van der Waals surface area contributed by atoms with Gasteiger partial charge in [0, 0.05) is 5.02 Å². The highest BCUT2D eigenvalue weighted by Gasteiger charge is 2.00. The minimum atomic E-state index is 0.357. The van der Waals surface area contributed by atoms with Crippen LogP contribution >= 0.6 is 11.6 Å². The van der Waals surface area contributed by atoms with E-state index < -0.39 is 0 Å². The highest BCUT2D eigenvalue weighted by atomic mass is 35.5. The summed E-state index contributed by atoms with van der Waals surface area (Å²) in [6, 6.07) is 13.4. The van der Waals surface area contributed by atoms with Gasteiger partial charge in [0.1, 0.15) is 11.8 Å². The van der Waals surface area contributed by atoms with Crippen molar-refractivity contribution in [2.24, 2.45) is 0 Å². The van der Waals surface area contributed by atoms with Crippen LogP contribution in [0.5, 0.6) is 0 Å². The first-order chi connectivity index (χ1) is 9.28. The Hall–Kier alpha value is -1.76. The summed E-state index contributed by atoms with van der Waals surface area (Å²) < 4.78 is 5.27. The fraction of sp³-hybridized carbons (Fsp3) is 0.267. The van der Waals surface area contributed by atoms with E-state index in [0.29, 0.717) is 12.3 Å². The summed E-state index contributed by atoms with van der Waals surface area (Å²) in [5.74, 6) is 1.15. The zero-order chi connectivity index (χ0) is 13.5. The van der Waals surface area contributed by atoms with Crippen LogP contribution in [0, 0.1) is 11.3 Å². The average Bonchev–Trinajstić information content (AvgIpc) is 2.86. The number of benzene rings is 1. The van der Waals surface area contributed by atoms with Gasteiger partial charge in [-0.15, -0.1) is 0 Å². The number of rotatable bonds is 6. The van der Waals surface area contributed by atoms with Gasteiger partial charge in [0.2, 0.25) is 5.76 Å². The van der Waals surface area contributed by atoms with Crippen LogP contribution in [0.3, 0.4) is 0 Å². The SMILES string of the molecule is N#Cc1ccc(CNCCCc2cccc(Cl)c2)o1. The van der Waals surface area contributed by atoms with Crippen molar-refractivity contribution in [1.82, 2.24) is 5.32 Å². The maximum Gasteiger partial charge on any atom is 0.203 e. The fourth-order valence-electron chi connectivity index (χ4n) is 1.85. The van der Waals surface area contributed by atoms with Gasteiger partial charge in [0.25, 0.3) is 0 Å². The molecule has 0 radical (unpaired) electrons. The van der Waals surface area contributed by atoms with Crippen LogP contribution < -0.4 is 5.32 Å². The molecular formula is C15H15ClN2O. The topological polar surface area (TPSA) is 49.0 Å². The Bertz CT molecular complexity index is 572. The highest BCUT2D eigenvalue weighted by Crippen LogP contribution is 2.12. The molecule has 2 rings (SSSR count). The van der Waals surface area contributed by atoms with Crippen molar-refractivity contribution in [3.8, 4) is 6.07 Å². The first-order valence-electron chi connectivity index (χ1n) is 6.22. The van der Waals surface area contributed by atoms with Gasteiger partial charge in [-0.3, -0.25) is 0 Å². The minimum Gasteiger partial charge on any atom is -0.449 e. The number of nitriles is 1. The Morgan fingerprint density at radius 1 is 1.26 bits per heavy atom. The molecule has 0 amide bonds. The zero-order valence-electron chi connectivity index (χ0n) is 10.5. The van der Waals surface area contributed by atoms with Crippen molar-refractivity contribution in [3.63, 3.8) is 0 Å². The van der Waals surface area contributed by atoms with Crippen molar-refractivity contribution in [3.05, 3.63) is 58.5 Å². The van der Waals surface area contributed by atoms with E-state index in [1.807, 2.05) is 30.3 Å². The van der Waals surface area contributed by atoms with Crippen LogP contribution in [0.15, 0.2) is 40.8 Å². The predicted octanol–water partition coefficient (Wildman–Crippen LogP) is 3.53. The Kier molecular flexibility index (Phi) is 5.02. The Balaban J connectivity index is 1.66. The number of halogens is 1. The molecule has 19 heavy (non-hydrogen) atoms. The molecule has 0 fully saturated rings. The number of aryl methyl sites for hydroxylation is 1. The molecule has 0 aliphatic heterocycles. The molecule has 1 aromatic carbocycles. The number of hydrogen-bond acceptors (Lipinski definition) is 3. The lowest BCUT2D eigenvalue weighted by Crippen LogP contribution is -2.14. The molecule has 1 aromatic heterocycles. The summed E-state index contributed by atoms with van der Waals surface area (Å²) in [6.45, 7) is 1.55. The van der Waals surface area contributed by atoms with Gasteiger partial charge in [-0.1, -0.05) is 23.7 Å². The molecule has 1 heterocycles. The number of nitrogens with one attached hydrogen (secondary N) is 1. The van der Waals surface area contributed by atoms with Gasteiger partial charge in [-0.25, -0.2) is 0 Å². The van der Waals surface area contributed by atoms with E-state index in [1.165, 1.54) is 5.56 Å². The molecule has 2 aromatic rings. The summed E-state index contributed by atoms with van der Waals surface area (Å²) in [5.41, 5.74) is 1.25. The maximum absolute atomic E-state index is 8.63. The van der Waals surface area contributed by atoms with Gasteiger partial charge < -0.3 is 9.73 Å². The molecule has 1 N–H and O–H groups in total. The van der Waals surface area contributed by atoms with Gasteiger partial charge in [0.15, 0.2) is 0 Å². The van der Waals surface area contributed by atoms with Crippen LogP contribution in [0.1, 0.15) is 23.5 Å². The third-order valence-corrected chi connectivity index (χ3v) is 3.01. The second-order valence-electron chi connectivity index (χ2n) is 4.29. The van der Waals surface area contributed by atoms with E-state index in [0.717, 1.165) is 30.2 Å². The monoisotopic (exact) mass is 274 g/mol. The molecule has 0 aliphatic carbocycles. The fourth-order valence-corrected chi connectivity index (χ4v) is 2.07. The predicted molar refractivity (Wildman–Crippen MR) is 74.9 cm³/mol. The summed E-state index contributed by atoms with van der Waals surface area (Å²) in [7, 11) is 0. The van der Waals surface area contributed by atoms with Gasteiger partial charge >= 0.3 is 0 Å². The van der Waals surface area contributed by atoms with E-state index in [4.69, 9.17) is 21.3 Å². The first kappa shape index (κ1) is 13.7. The molecule has 0 bridgehead atoms. The van der Waals surface area contributed by atoms with Crippen LogP contribution in [-0.4, -0.2) is 6.54 Å². The lowest BCUT2D eigenvalue weighted by Gasteiger charge is -2.03. The van der Waals surface area contributed by atoms with Gasteiger partial charge in [0.05, 0.1) is 6.54 Å². The van der Waals surface area contributed by atoms with Gasteiger partial charge in [-0.2, -0.15) is 5.26 Å². The lowest BCUT2D eigenvalue weighted by molar-refractivity contribution is 0.472. The number of hydrogen-bond donors (Lipinski definition) is 1. The summed E-state index contributed by atoms with van der Waals surface area (Å²) in [6.07, 6.45) is 2.03. The molecule has 0 saturated carbocycles. The first-order valence-corrected chi connectivity index (χ1v) is 6.60. The van der Waals surface area contributed by atoms with Crippen molar-refractivity contribution >= 4 is 11.6 Å². The second kappa shape index (κ2) is 6.98. The molecule has 0 atom stereocenters. The van der Waals surface area contributed by atoms with Crippen LogP contribution in [0.4, 0.5) is 0 Å². The molecule has 0 saturated heterocycles. The molecule has 0 aliphatic rings. The van der Waals surface area contributed by atoms with Gasteiger partial charge in [-0.05, 0) is 49.2 Å². The molecule has 98 valence electrons. The van der Waals surface area contributed by atoms with E-state index >= 15 is 0 Å². The van der Waals surface area contributed by atoms with Crippen molar-refractivity contribution in [2.45, 2.75) is 19.4 Å². The van der Waals surface area contributed by atoms with Crippen LogP contribution in [0.2, 0.25) is 5.02 Å². The molecule has 4 heteroatoms. The van der Waals surface area contributed by atoms with E-state index in [9.17, 15) is 0 Å². The summed E-state index contributed by atoms with van der Waals surface area (Å²) in [4.78, 5) is 0. The second-order valence-corrected chi connectivity index (χ2v) is 4.72. The molecule has 0 unspecified atom stereocenters. The Morgan fingerprint density at radius 2 is 2.16 bits per heavy atom. The van der Waals surface area contributed by atoms with Crippen molar-refractivity contribution < 1.29 is 4.42 Å². The normalized spacial score (nSPS) is 10.3. The van der Waals surface area contributed by atoms with Crippen molar-refractivity contribution in [1.29, 1.82) is 5.26 Å². The van der Waals surface area contributed by atoms with Crippen LogP contribution in [-0.2, 0) is 13.0 Å². The highest BCUT2D eigenvalue weighted by molar-refractivity contribution is 6.30. The minimum absolute atomic E-state index is 0.357. The lowest BCUT2D eigenvalue weighted by atomic mass is 10.1. The van der Waals surface area contributed by atoms with E-state index in [2.05, 4.69) is 11.4 Å². The summed E-state index contributed by atoms with van der Waals surface area (Å²) in [5, 5.41) is 12.7. The average molecular weight is 275 g/mol. The van der Waals surface area contributed by atoms with E-state index in [1.54, 1.807) is 6.07 Å². The molecule has 3 nitrogen and oxygen atoms in total. The quantitative estimate of drug-likeness (QED) is 0.820. The Morgan fingerprint density at radius 3 is 2.89 bits per heavy atom. The standard InChI is InChI=1S/C15H15ClN2O/c16-13-5-1-3-12(9-13)4-2-8-18-11-15-7-6-14(10-17)19-15/h1,3,5-7,9,18H,2,4,8,11H2. The summed E-state index contributed by atoms with van der Waals surface area (Å²) >= 11 is 5.93. The van der Waals surface area contributed by atoms with E-state index in [-0.39, 0.29) is 0 Å². The molecular weight excluding hydrogens is 260 g/mol.